The van der Waals surface area contributed by atoms with Crippen LogP contribution in [0.15, 0.2) is 58.3 Å². The van der Waals surface area contributed by atoms with Gasteiger partial charge in [-0.2, -0.15) is 0 Å². The number of rotatable bonds is 0. The molecule has 2 aromatic rings. The third-order valence-electron chi connectivity index (χ3n) is 1.65. The molecule has 17 heavy (non-hydrogen) atoms. The summed E-state index contributed by atoms with van der Waals surface area (Å²) in [5.74, 6) is 0. The molecule has 0 saturated carbocycles. The van der Waals surface area contributed by atoms with Crippen LogP contribution in [0, 0.1) is 0 Å². The van der Waals surface area contributed by atoms with Gasteiger partial charge in [-0.25, -0.2) is 0 Å². The molecular weight excluding hydrogens is 486 g/mol. The summed E-state index contributed by atoms with van der Waals surface area (Å²) in [5.41, 5.74) is 0. The molecule has 0 bridgehead atoms. The molecule has 0 atom stereocenters. The van der Waals surface area contributed by atoms with E-state index in [0.717, 1.165) is 19.8 Å². The van der Waals surface area contributed by atoms with Gasteiger partial charge in [-0.1, -0.05) is 23.2 Å². The molecule has 0 heterocycles. The molecule has 0 aliphatic heterocycles. The molecule has 0 nitrogen and oxygen atoms in total. The van der Waals surface area contributed by atoms with Gasteiger partial charge in [0.25, 0.3) is 0 Å². The van der Waals surface area contributed by atoms with Crippen LogP contribution in [0.3, 0.4) is 0 Å². The van der Waals surface area contributed by atoms with Gasteiger partial charge in [0.1, 0.15) is 0 Å². The first-order chi connectivity index (χ1) is 7.58. The molecular formula is C12H10Cl2PbS2. The normalized spacial score (nSPS) is 8.71. The maximum atomic E-state index is 5.58. The van der Waals surface area contributed by atoms with Gasteiger partial charge in [-0.3, -0.25) is 0 Å². The van der Waals surface area contributed by atoms with Crippen LogP contribution in [0.25, 0.3) is 0 Å². The average Bonchev–Trinajstić information content (AvgIpc) is 2.28. The Hall–Kier alpha value is 0.642. The fourth-order valence-corrected chi connectivity index (χ4v) is 1.43. The molecule has 0 aromatic heterocycles. The van der Waals surface area contributed by atoms with Crippen molar-refractivity contribution in [1.29, 1.82) is 0 Å². The minimum Gasteiger partial charge on any atom is -0.143 e. The van der Waals surface area contributed by atoms with E-state index in [-0.39, 0.29) is 27.3 Å². The van der Waals surface area contributed by atoms with E-state index in [4.69, 9.17) is 23.2 Å². The number of hydrogen-bond acceptors (Lipinski definition) is 2. The third kappa shape index (κ3) is 8.37. The first kappa shape index (κ1) is 17.6. The summed E-state index contributed by atoms with van der Waals surface area (Å²) in [4.78, 5) is 1.88. The molecule has 5 heteroatoms. The average molecular weight is 496 g/mol. The Morgan fingerprint density at radius 2 is 0.824 bits per heavy atom. The zero-order valence-corrected chi connectivity index (χ0v) is 16.0. The van der Waals surface area contributed by atoms with Gasteiger partial charge >= 0.3 is 0 Å². The van der Waals surface area contributed by atoms with Crippen LogP contribution in [0.2, 0.25) is 10.0 Å². The zero-order chi connectivity index (χ0) is 12.0. The minimum absolute atomic E-state index is 0. The topological polar surface area (TPSA) is 0 Å². The number of benzene rings is 2. The number of hydrogen-bond donors (Lipinski definition) is 2. The fourth-order valence-electron chi connectivity index (χ4n) is 0.882. The van der Waals surface area contributed by atoms with Crippen molar-refractivity contribution in [2.75, 3.05) is 0 Å². The molecule has 0 aliphatic rings. The molecule has 0 saturated heterocycles. The van der Waals surface area contributed by atoms with E-state index >= 15 is 0 Å². The Morgan fingerprint density at radius 1 is 0.588 bits per heavy atom. The van der Waals surface area contributed by atoms with Crippen molar-refractivity contribution in [2.24, 2.45) is 0 Å². The van der Waals surface area contributed by atoms with Crippen molar-refractivity contribution in [3.8, 4) is 0 Å². The van der Waals surface area contributed by atoms with Gasteiger partial charge in [-0.05, 0) is 48.5 Å². The Morgan fingerprint density at radius 3 is 1.00 bits per heavy atom. The van der Waals surface area contributed by atoms with Crippen molar-refractivity contribution in [2.45, 2.75) is 9.79 Å². The molecule has 2 rings (SSSR count). The minimum atomic E-state index is 0. The first-order valence-electron chi connectivity index (χ1n) is 4.47. The van der Waals surface area contributed by atoms with Crippen LogP contribution in [-0.2, 0) is 0 Å². The van der Waals surface area contributed by atoms with E-state index in [9.17, 15) is 0 Å². The third-order valence-corrected chi connectivity index (χ3v) is 2.75. The quantitative estimate of drug-likeness (QED) is 0.377. The maximum Gasteiger partial charge on any atom is 0.0406 e. The van der Waals surface area contributed by atoms with Gasteiger partial charge < -0.3 is 0 Å². The Bertz CT molecular complexity index is 344. The van der Waals surface area contributed by atoms with Crippen LogP contribution in [0.4, 0.5) is 0 Å². The van der Waals surface area contributed by atoms with E-state index < -0.39 is 0 Å². The van der Waals surface area contributed by atoms with E-state index in [1.807, 2.05) is 48.5 Å². The molecule has 88 valence electrons. The predicted molar refractivity (Wildman–Crippen MR) is 83.2 cm³/mol. The molecule has 2 aromatic carbocycles. The molecule has 0 N–H and O–H groups in total. The van der Waals surface area contributed by atoms with Crippen molar-refractivity contribution < 1.29 is 0 Å². The molecule has 0 fully saturated rings. The summed E-state index contributed by atoms with van der Waals surface area (Å²) in [6.07, 6.45) is 0. The van der Waals surface area contributed by atoms with Crippen LogP contribution in [0.1, 0.15) is 0 Å². The maximum absolute atomic E-state index is 5.58. The van der Waals surface area contributed by atoms with Crippen LogP contribution in [-0.4, -0.2) is 27.3 Å². The number of thiol groups is 2. The second-order valence-corrected chi connectivity index (χ2v) is 4.86. The summed E-state index contributed by atoms with van der Waals surface area (Å²) in [6, 6.07) is 14.6. The predicted octanol–water partition coefficient (Wildman–Crippen LogP) is 4.88. The van der Waals surface area contributed by atoms with Gasteiger partial charge in [0.05, 0.1) is 0 Å². The monoisotopic (exact) mass is 496 g/mol. The van der Waals surface area contributed by atoms with Gasteiger partial charge in [0.15, 0.2) is 0 Å². The van der Waals surface area contributed by atoms with E-state index in [0.29, 0.717) is 0 Å². The second-order valence-electron chi connectivity index (χ2n) is 2.95. The molecule has 0 unspecified atom stereocenters. The summed E-state index contributed by atoms with van der Waals surface area (Å²) < 4.78 is 0. The molecule has 4 radical (unpaired) electrons. The summed E-state index contributed by atoms with van der Waals surface area (Å²) in [5, 5.41) is 1.51. The Kier molecular flexibility index (Phi) is 9.92. The zero-order valence-electron chi connectivity index (χ0n) is 8.77. The van der Waals surface area contributed by atoms with E-state index in [1.54, 1.807) is 0 Å². The summed E-state index contributed by atoms with van der Waals surface area (Å²) in [7, 11) is 0. The van der Waals surface area contributed by atoms with Gasteiger partial charge in [-0.15, -0.1) is 25.3 Å². The smallest absolute Gasteiger partial charge is 0.0406 e. The molecule has 0 amide bonds. The fraction of sp³-hybridized carbons (Fsp3) is 0. The molecule has 0 spiro atoms. The summed E-state index contributed by atoms with van der Waals surface area (Å²) >= 11 is 19.3. The van der Waals surface area contributed by atoms with E-state index in [2.05, 4.69) is 25.3 Å². The second kappa shape index (κ2) is 9.56. The Labute approximate surface area is 143 Å². The van der Waals surface area contributed by atoms with Crippen molar-refractivity contribution in [1.82, 2.24) is 0 Å². The first-order valence-corrected chi connectivity index (χ1v) is 6.12. The van der Waals surface area contributed by atoms with Crippen LogP contribution in [0.5, 0.6) is 0 Å². The van der Waals surface area contributed by atoms with Crippen molar-refractivity contribution >= 4 is 75.8 Å². The van der Waals surface area contributed by atoms with E-state index in [1.165, 1.54) is 0 Å². The standard InChI is InChI=1S/2C6H5ClS.Pb/c2*7-5-1-3-6(8)4-2-5;/h2*1-4,8H;. The van der Waals surface area contributed by atoms with Gasteiger partial charge in [0.2, 0.25) is 0 Å². The van der Waals surface area contributed by atoms with Crippen LogP contribution >= 0.6 is 48.5 Å². The largest absolute Gasteiger partial charge is 0.143 e. The summed E-state index contributed by atoms with van der Waals surface area (Å²) in [6.45, 7) is 0. The Balaban J connectivity index is 0.000000284. The van der Waals surface area contributed by atoms with Crippen molar-refractivity contribution in [3.63, 3.8) is 0 Å². The SMILES string of the molecule is Sc1ccc(Cl)cc1.Sc1ccc(Cl)cc1.[Pb]. The van der Waals surface area contributed by atoms with Crippen molar-refractivity contribution in [3.05, 3.63) is 58.6 Å². The number of halogens is 2. The van der Waals surface area contributed by atoms with Gasteiger partial charge in [0, 0.05) is 47.1 Å². The molecule has 0 aliphatic carbocycles. The van der Waals surface area contributed by atoms with Crippen LogP contribution < -0.4 is 0 Å².